The Morgan fingerprint density at radius 3 is 2.09 bits per heavy atom. The molecule has 0 radical (unpaired) electrons. The minimum Gasteiger partial charge on any atom is -0.497 e. The summed E-state index contributed by atoms with van der Waals surface area (Å²) in [6.07, 6.45) is 0. The highest BCUT2D eigenvalue weighted by molar-refractivity contribution is 6.46. The number of aryl methyl sites for hydroxylation is 1. The number of hydrogen-bond donors (Lipinski definition) is 1. The van der Waals surface area contributed by atoms with Crippen LogP contribution >= 0.6 is 0 Å². The lowest BCUT2D eigenvalue weighted by molar-refractivity contribution is -0.120. The molecule has 0 saturated carbocycles. The molecule has 0 bridgehead atoms. The fraction of sp³-hybridized carbons (Fsp3) is 0.120. The number of amides is 2. The van der Waals surface area contributed by atoms with Crippen LogP contribution in [0.25, 0.3) is 5.57 Å². The smallest absolute Gasteiger partial charge is 0.282 e. The second kappa shape index (κ2) is 8.55. The Morgan fingerprint density at radius 2 is 1.50 bits per heavy atom. The molecule has 3 aromatic carbocycles. The molecule has 1 aliphatic heterocycles. The van der Waals surface area contributed by atoms with E-state index in [1.807, 2.05) is 25.1 Å². The van der Waals surface area contributed by atoms with E-state index in [9.17, 15) is 14.0 Å². The van der Waals surface area contributed by atoms with Gasteiger partial charge >= 0.3 is 0 Å². The summed E-state index contributed by atoms with van der Waals surface area (Å²) in [5, 5.41) is 3.09. The topological polar surface area (TPSA) is 67.9 Å². The largest absolute Gasteiger partial charge is 0.497 e. The van der Waals surface area contributed by atoms with Crippen LogP contribution in [0, 0.1) is 12.7 Å². The van der Waals surface area contributed by atoms with Gasteiger partial charge in [0.05, 0.1) is 25.5 Å². The van der Waals surface area contributed by atoms with Crippen molar-refractivity contribution >= 4 is 28.8 Å². The van der Waals surface area contributed by atoms with Crippen LogP contribution in [0.3, 0.4) is 0 Å². The van der Waals surface area contributed by atoms with E-state index in [1.54, 1.807) is 24.3 Å². The molecule has 4 rings (SSSR count). The first kappa shape index (κ1) is 21.1. The molecule has 0 aliphatic carbocycles. The average molecular weight is 432 g/mol. The van der Waals surface area contributed by atoms with E-state index >= 15 is 0 Å². The van der Waals surface area contributed by atoms with Gasteiger partial charge in [-0.05, 0) is 42.3 Å². The maximum Gasteiger partial charge on any atom is 0.282 e. The number of anilines is 2. The van der Waals surface area contributed by atoms with Gasteiger partial charge in [-0.2, -0.15) is 0 Å². The number of ether oxygens (including phenoxy) is 2. The molecule has 0 saturated heterocycles. The van der Waals surface area contributed by atoms with Gasteiger partial charge in [0.15, 0.2) is 0 Å². The predicted molar refractivity (Wildman–Crippen MR) is 120 cm³/mol. The molecule has 1 N–H and O–H groups in total. The highest BCUT2D eigenvalue weighted by atomic mass is 19.1. The fourth-order valence-corrected chi connectivity index (χ4v) is 3.55. The van der Waals surface area contributed by atoms with Crippen LogP contribution in [-0.4, -0.2) is 26.0 Å². The van der Waals surface area contributed by atoms with Gasteiger partial charge in [-0.25, -0.2) is 9.29 Å². The number of carbonyl (C=O) groups is 2. The van der Waals surface area contributed by atoms with Gasteiger partial charge in [-0.15, -0.1) is 0 Å². The van der Waals surface area contributed by atoms with Crippen LogP contribution < -0.4 is 19.7 Å². The number of benzene rings is 3. The first-order chi connectivity index (χ1) is 15.4. The van der Waals surface area contributed by atoms with Crippen LogP contribution in [-0.2, 0) is 9.59 Å². The summed E-state index contributed by atoms with van der Waals surface area (Å²) in [7, 11) is 2.97. The molecular weight excluding hydrogens is 411 g/mol. The number of nitrogens with one attached hydrogen (secondary N) is 1. The number of methoxy groups -OCH3 is 2. The third-order valence-electron chi connectivity index (χ3n) is 5.10. The second-order valence-corrected chi connectivity index (χ2v) is 7.27. The number of carbonyl (C=O) groups excluding carboxylic acids is 2. The maximum absolute atomic E-state index is 13.5. The molecule has 162 valence electrons. The van der Waals surface area contributed by atoms with Gasteiger partial charge in [0.25, 0.3) is 11.8 Å². The summed E-state index contributed by atoms with van der Waals surface area (Å²) < 4.78 is 24.1. The zero-order chi connectivity index (χ0) is 22.8. The Bertz CT molecular complexity index is 1210. The molecule has 0 aromatic heterocycles. The number of rotatable bonds is 6. The van der Waals surface area contributed by atoms with E-state index in [0.29, 0.717) is 28.4 Å². The zero-order valence-electron chi connectivity index (χ0n) is 17.8. The van der Waals surface area contributed by atoms with Crippen molar-refractivity contribution in [3.8, 4) is 11.5 Å². The summed E-state index contributed by atoms with van der Waals surface area (Å²) in [5.41, 5.74) is 2.64. The van der Waals surface area contributed by atoms with Crippen molar-refractivity contribution < 1.29 is 23.5 Å². The summed E-state index contributed by atoms with van der Waals surface area (Å²) in [5.74, 6) is -0.640. The third-order valence-corrected chi connectivity index (χ3v) is 5.10. The summed E-state index contributed by atoms with van der Waals surface area (Å²) in [6.45, 7) is 1.93. The van der Waals surface area contributed by atoms with Crippen molar-refractivity contribution in [3.05, 3.63) is 89.4 Å². The minimum absolute atomic E-state index is 0.106. The predicted octanol–water partition coefficient (Wildman–Crippen LogP) is 4.55. The normalized spacial score (nSPS) is 13.6. The van der Waals surface area contributed by atoms with Gasteiger partial charge in [-0.3, -0.25) is 9.59 Å². The van der Waals surface area contributed by atoms with E-state index in [2.05, 4.69) is 5.32 Å². The van der Waals surface area contributed by atoms with Crippen LogP contribution in [0.5, 0.6) is 11.5 Å². The molecule has 1 heterocycles. The van der Waals surface area contributed by atoms with E-state index in [4.69, 9.17) is 9.47 Å². The highest BCUT2D eigenvalue weighted by Crippen LogP contribution is 2.37. The standard InChI is InChI=1S/C25H21FN2O4/c1-15-5-4-6-18(11-15)27-23-22(16-7-9-17(26)10-8-16)24(29)28(25(23)30)19-12-20(31-2)14-21(13-19)32-3/h4-14,27H,1-3H3. The minimum atomic E-state index is -0.536. The van der Waals surface area contributed by atoms with Crippen molar-refractivity contribution in [2.75, 3.05) is 24.4 Å². The van der Waals surface area contributed by atoms with E-state index in [0.717, 1.165) is 10.5 Å². The molecule has 0 unspecified atom stereocenters. The summed E-state index contributed by atoms with van der Waals surface area (Å²) in [4.78, 5) is 28.0. The van der Waals surface area contributed by atoms with Gasteiger partial charge in [0.2, 0.25) is 0 Å². The van der Waals surface area contributed by atoms with Crippen LogP contribution in [0.4, 0.5) is 15.8 Å². The highest BCUT2D eigenvalue weighted by Gasteiger charge is 2.40. The molecule has 1 aliphatic rings. The monoisotopic (exact) mass is 432 g/mol. The zero-order valence-corrected chi connectivity index (χ0v) is 17.8. The number of hydrogen-bond acceptors (Lipinski definition) is 5. The van der Waals surface area contributed by atoms with Crippen molar-refractivity contribution in [3.63, 3.8) is 0 Å². The molecular formula is C25H21FN2O4. The quantitative estimate of drug-likeness (QED) is 0.579. The molecule has 3 aromatic rings. The molecule has 0 spiro atoms. The van der Waals surface area contributed by atoms with Crippen LogP contribution in [0.15, 0.2) is 72.4 Å². The molecule has 6 nitrogen and oxygen atoms in total. The Balaban J connectivity index is 1.84. The van der Waals surface area contributed by atoms with Crippen molar-refractivity contribution in [1.29, 1.82) is 0 Å². The lowest BCUT2D eigenvalue weighted by atomic mass is 10.0. The van der Waals surface area contributed by atoms with E-state index in [-0.39, 0.29) is 11.3 Å². The van der Waals surface area contributed by atoms with Gasteiger partial charge < -0.3 is 14.8 Å². The molecule has 7 heteroatoms. The van der Waals surface area contributed by atoms with Crippen LogP contribution in [0.2, 0.25) is 0 Å². The Hall–Kier alpha value is -4.13. The SMILES string of the molecule is COc1cc(OC)cc(N2C(=O)C(Nc3cccc(C)c3)=C(c3ccc(F)cc3)C2=O)c1. The van der Waals surface area contributed by atoms with Crippen molar-refractivity contribution in [1.82, 2.24) is 0 Å². The van der Waals surface area contributed by atoms with Crippen molar-refractivity contribution in [2.24, 2.45) is 0 Å². The average Bonchev–Trinajstić information content (AvgIpc) is 3.03. The summed E-state index contributed by atoms with van der Waals surface area (Å²) in [6, 6.07) is 17.7. The first-order valence-corrected chi connectivity index (χ1v) is 9.87. The number of halogens is 1. The second-order valence-electron chi connectivity index (χ2n) is 7.27. The first-order valence-electron chi connectivity index (χ1n) is 9.87. The van der Waals surface area contributed by atoms with Gasteiger partial charge in [0, 0.05) is 23.9 Å². The number of imide groups is 1. The Labute approximate surface area is 184 Å². The lowest BCUT2D eigenvalue weighted by Gasteiger charge is -2.17. The molecule has 0 atom stereocenters. The maximum atomic E-state index is 13.5. The lowest BCUT2D eigenvalue weighted by Crippen LogP contribution is -2.32. The van der Waals surface area contributed by atoms with Crippen molar-refractivity contribution in [2.45, 2.75) is 6.92 Å². The molecule has 32 heavy (non-hydrogen) atoms. The molecule has 0 fully saturated rings. The fourth-order valence-electron chi connectivity index (χ4n) is 3.55. The van der Waals surface area contributed by atoms with Gasteiger partial charge in [-0.1, -0.05) is 24.3 Å². The summed E-state index contributed by atoms with van der Waals surface area (Å²) >= 11 is 0. The van der Waals surface area contributed by atoms with E-state index < -0.39 is 17.6 Å². The Morgan fingerprint density at radius 1 is 0.844 bits per heavy atom. The van der Waals surface area contributed by atoms with Crippen LogP contribution in [0.1, 0.15) is 11.1 Å². The van der Waals surface area contributed by atoms with E-state index in [1.165, 1.54) is 38.5 Å². The number of nitrogens with zero attached hydrogens (tertiary/aromatic N) is 1. The molecule has 2 amide bonds. The Kier molecular flexibility index (Phi) is 5.64. The third kappa shape index (κ3) is 3.92. The van der Waals surface area contributed by atoms with Gasteiger partial charge in [0.1, 0.15) is 23.0 Å².